The van der Waals surface area contributed by atoms with Crippen LogP contribution in [0.5, 0.6) is 0 Å². The molecule has 0 aliphatic carbocycles. The van der Waals surface area contributed by atoms with Crippen molar-refractivity contribution in [1.29, 1.82) is 0 Å². The van der Waals surface area contributed by atoms with E-state index in [1.807, 2.05) is 20.8 Å². The van der Waals surface area contributed by atoms with Gasteiger partial charge in [-0.15, -0.1) is 0 Å². The van der Waals surface area contributed by atoms with E-state index in [4.69, 9.17) is 4.42 Å². The number of carbonyl (C=O) groups excluding carboxylic acids is 1. The zero-order valence-electron chi connectivity index (χ0n) is 8.33. The minimum absolute atomic E-state index is 0.0208. The zero-order valence-corrected chi connectivity index (χ0v) is 8.33. The van der Waals surface area contributed by atoms with E-state index in [0.29, 0.717) is 5.76 Å². The molecule has 1 amide bonds. The Morgan fingerprint density at radius 3 is 2.46 bits per heavy atom. The van der Waals surface area contributed by atoms with Crippen LogP contribution >= 0.6 is 0 Å². The van der Waals surface area contributed by atoms with Crippen molar-refractivity contribution in [3.8, 4) is 0 Å². The SMILES string of the molecule is CCN(CC)C(=O)c1occc1C. The molecular weight excluding hydrogens is 166 g/mol. The van der Waals surface area contributed by atoms with Crippen LogP contribution in [0, 0.1) is 6.92 Å². The first-order chi connectivity index (χ1) is 6.20. The molecule has 0 aliphatic heterocycles. The van der Waals surface area contributed by atoms with Crippen LogP contribution in [0.15, 0.2) is 16.7 Å². The first kappa shape index (κ1) is 9.84. The van der Waals surface area contributed by atoms with Crippen LogP contribution in [0.4, 0.5) is 0 Å². The van der Waals surface area contributed by atoms with Gasteiger partial charge >= 0.3 is 0 Å². The summed E-state index contributed by atoms with van der Waals surface area (Å²) < 4.78 is 5.12. The first-order valence-electron chi connectivity index (χ1n) is 4.54. The summed E-state index contributed by atoms with van der Waals surface area (Å²) in [7, 11) is 0. The number of amides is 1. The Morgan fingerprint density at radius 2 is 2.08 bits per heavy atom. The van der Waals surface area contributed by atoms with Gasteiger partial charge in [-0.1, -0.05) is 0 Å². The molecule has 0 unspecified atom stereocenters. The molecule has 0 spiro atoms. The molecule has 0 radical (unpaired) electrons. The lowest BCUT2D eigenvalue weighted by Gasteiger charge is -2.17. The van der Waals surface area contributed by atoms with Crippen molar-refractivity contribution in [2.24, 2.45) is 0 Å². The van der Waals surface area contributed by atoms with Crippen molar-refractivity contribution < 1.29 is 9.21 Å². The van der Waals surface area contributed by atoms with Gasteiger partial charge in [0.1, 0.15) is 0 Å². The summed E-state index contributed by atoms with van der Waals surface area (Å²) in [6.07, 6.45) is 1.55. The van der Waals surface area contributed by atoms with Gasteiger partial charge in [-0.25, -0.2) is 0 Å². The van der Waals surface area contributed by atoms with Gasteiger partial charge in [0.15, 0.2) is 5.76 Å². The van der Waals surface area contributed by atoms with Crippen LogP contribution in [-0.4, -0.2) is 23.9 Å². The van der Waals surface area contributed by atoms with Crippen molar-refractivity contribution in [2.45, 2.75) is 20.8 Å². The lowest BCUT2D eigenvalue weighted by Crippen LogP contribution is -2.30. The number of hydrogen-bond donors (Lipinski definition) is 0. The minimum Gasteiger partial charge on any atom is -0.459 e. The van der Waals surface area contributed by atoms with Crippen molar-refractivity contribution in [3.05, 3.63) is 23.7 Å². The molecule has 3 heteroatoms. The third-order valence-electron chi connectivity index (χ3n) is 2.11. The summed E-state index contributed by atoms with van der Waals surface area (Å²) in [5.74, 6) is 0.441. The third-order valence-corrected chi connectivity index (χ3v) is 2.11. The fourth-order valence-electron chi connectivity index (χ4n) is 1.25. The third kappa shape index (κ3) is 1.91. The van der Waals surface area contributed by atoms with E-state index in [2.05, 4.69) is 0 Å². The van der Waals surface area contributed by atoms with E-state index in [0.717, 1.165) is 18.7 Å². The smallest absolute Gasteiger partial charge is 0.289 e. The molecule has 1 aromatic rings. The lowest BCUT2D eigenvalue weighted by atomic mass is 10.2. The summed E-state index contributed by atoms with van der Waals surface area (Å²) in [6, 6.07) is 1.80. The van der Waals surface area contributed by atoms with Crippen LogP contribution in [0.3, 0.4) is 0 Å². The van der Waals surface area contributed by atoms with Gasteiger partial charge in [-0.05, 0) is 26.8 Å². The highest BCUT2D eigenvalue weighted by Gasteiger charge is 2.17. The topological polar surface area (TPSA) is 33.5 Å². The molecule has 0 bridgehead atoms. The highest BCUT2D eigenvalue weighted by molar-refractivity contribution is 5.92. The van der Waals surface area contributed by atoms with E-state index in [9.17, 15) is 4.79 Å². The Labute approximate surface area is 78.3 Å². The standard InChI is InChI=1S/C10H15NO2/c1-4-11(5-2)10(12)9-8(3)6-7-13-9/h6-7H,4-5H2,1-3H3. The quantitative estimate of drug-likeness (QED) is 0.715. The maximum Gasteiger partial charge on any atom is 0.289 e. The normalized spacial score (nSPS) is 10.1. The average molecular weight is 181 g/mol. The van der Waals surface area contributed by atoms with Crippen LogP contribution in [0.2, 0.25) is 0 Å². The first-order valence-corrected chi connectivity index (χ1v) is 4.54. The Bertz CT molecular complexity index is 287. The highest BCUT2D eigenvalue weighted by Crippen LogP contribution is 2.11. The molecule has 0 aromatic carbocycles. The van der Waals surface area contributed by atoms with Crippen LogP contribution in [0.25, 0.3) is 0 Å². The Morgan fingerprint density at radius 1 is 1.46 bits per heavy atom. The van der Waals surface area contributed by atoms with Gasteiger partial charge in [0.2, 0.25) is 0 Å². The minimum atomic E-state index is -0.0208. The number of aryl methyl sites for hydroxylation is 1. The number of hydrogen-bond acceptors (Lipinski definition) is 2. The van der Waals surface area contributed by atoms with Crippen LogP contribution in [-0.2, 0) is 0 Å². The molecule has 1 aromatic heterocycles. The zero-order chi connectivity index (χ0) is 9.84. The van der Waals surface area contributed by atoms with Gasteiger partial charge in [-0.3, -0.25) is 4.79 Å². The van der Waals surface area contributed by atoms with E-state index < -0.39 is 0 Å². The lowest BCUT2D eigenvalue weighted by molar-refractivity contribution is 0.0740. The molecule has 13 heavy (non-hydrogen) atoms. The van der Waals surface area contributed by atoms with Crippen molar-refractivity contribution >= 4 is 5.91 Å². The molecule has 0 saturated carbocycles. The Hall–Kier alpha value is -1.25. The predicted molar refractivity (Wildman–Crippen MR) is 50.7 cm³/mol. The maximum atomic E-state index is 11.7. The fraction of sp³-hybridized carbons (Fsp3) is 0.500. The van der Waals surface area contributed by atoms with E-state index in [1.165, 1.54) is 0 Å². The number of nitrogens with zero attached hydrogens (tertiary/aromatic N) is 1. The second-order valence-corrected chi connectivity index (χ2v) is 2.91. The maximum absolute atomic E-state index is 11.7. The van der Waals surface area contributed by atoms with Gasteiger partial charge in [0, 0.05) is 18.7 Å². The number of rotatable bonds is 3. The van der Waals surface area contributed by atoms with Crippen LogP contribution < -0.4 is 0 Å². The summed E-state index contributed by atoms with van der Waals surface area (Å²) in [6.45, 7) is 7.23. The Balaban J connectivity index is 2.84. The molecule has 0 atom stereocenters. The number of furan rings is 1. The molecular formula is C10H15NO2. The highest BCUT2D eigenvalue weighted by atomic mass is 16.3. The van der Waals surface area contributed by atoms with Crippen LogP contribution in [0.1, 0.15) is 30.0 Å². The molecule has 0 saturated heterocycles. The van der Waals surface area contributed by atoms with Gasteiger partial charge < -0.3 is 9.32 Å². The second kappa shape index (κ2) is 4.12. The molecule has 3 nitrogen and oxygen atoms in total. The van der Waals surface area contributed by atoms with E-state index >= 15 is 0 Å². The van der Waals surface area contributed by atoms with Crippen molar-refractivity contribution in [2.75, 3.05) is 13.1 Å². The molecule has 0 aliphatic rings. The average Bonchev–Trinajstić information content (AvgIpc) is 2.53. The summed E-state index contributed by atoms with van der Waals surface area (Å²) in [5, 5.41) is 0. The summed E-state index contributed by atoms with van der Waals surface area (Å²) in [5.41, 5.74) is 0.900. The molecule has 72 valence electrons. The molecule has 0 N–H and O–H groups in total. The molecule has 1 rings (SSSR count). The van der Waals surface area contributed by atoms with E-state index in [1.54, 1.807) is 17.2 Å². The van der Waals surface area contributed by atoms with Gasteiger partial charge in [0.25, 0.3) is 5.91 Å². The van der Waals surface area contributed by atoms with Gasteiger partial charge in [-0.2, -0.15) is 0 Å². The fourth-order valence-corrected chi connectivity index (χ4v) is 1.25. The molecule has 1 heterocycles. The molecule has 0 fully saturated rings. The summed E-state index contributed by atoms with van der Waals surface area (Å²) >= 11 is 0. The largest absolute Gasteiger partial charge is 0.459 e. The number of carbonyl (C=O) groups is 1. The monoisotopic (exact) mass is 181 g/mol. The van der Waals surface area contributed by atoms with Crippen molar-refractivity contribution in [1.82, 2.24) is 4.90 Å². The predicted octanol–water partition coefficient (Wildman–Crippen LogP) is 2.07. The summed E-state index contributed by atoms with van der Waals surface area (Å²) in [4.78, 5) is 13.5. The van der Waals surface area contributed by atoms with Gasteiger partial charge in [0.05, 0.1) is 6.26 Å². The van der Waals surface area contributed by atoms with E-state index in [-0.39, 0.29) is 5.91 Å². The van der Waals surface area contributed by atoms with Crippen molar-refractivity contribution in [3.63, 3.8) is 0 Å². The second-order valence-electron chi connectivity index (χ2n) is 2.91. The Kier molecular flexibility index (Phi) is 3.12.